The summed E-state index contributed by atoms with van der Waals surface area (Å²) in [6.45, 7) is 0. The van der Waals surface area contributed by atoms with Crippen molar-refractivity contribution in [3.05, 3.63) is 65.3 Å². The van der Waals surface area contributed by atoms with Crippen LogP contribution in [-0.2, 0) is 21.8 Å². The van der Waals surface area contributed by atoms with Gasteiger partial charge in [0.25, 0.3) is 0 Å². The lowest BCUT2D eigenvalue weighted by Crippen LogP contribution is -2.06. The van der Waals surface area contributed by atoms with Crippen molar-refractivity contribution in [3.63, 3.8) is 0 Å². The van der Waals surface area contributed by atoms with E-state index in [9.17, 15) is 26.0 Å². The van der Waals surface area contributed by atoms with Gasteiger partial charge in [-0.2, -0.15) is 17.5 Å². The maximum Gasteiger partial charge on any atom is 0.416 e. The van der Waals surface area contributed by atoms with E-state index in [0.717, 1.165) is 29.9 Å². The summed E-state index contributed by atoms with van der Waals surface area (Å²) in [5.74, 6) is -1.27. The number of hydrogen-bond donors (Lipinski definition) is 0. The van der Waals surface area contributed by atoms with Crippen molar-refractivity contribution in [2.24, 2.45) is 0 Å². The number of alkyl halides is 3. The Morgan fingerprint density at radius 2 is 1.84 bits per heavy atom. The van der Waals surface area contributed by atoms with Gasteiger partial charge in [0.1, 0.15) is 28.7 Å². The number of halogens is 4. The van der Waals surface area contributed by atoms with E-state index in [2.05, 4.69) is 14.3 Å². The van der Waals surface area contributed by atoms with Crippen LogP contribution in [0.4, 0.5) is 17.6 Å². The molecule has 0 saturated heterocycles. The monoisotopic (exact) mass is 483 g/mol. The highest BCUT2D eigenvalue weighted by molar-refractivity contribution is 7.90. The van der Waals surface area contributed by atoms with E-state index >= 15 is 0 Å². The summed E-state index contributed by atoms with van der Waals surface area (Å²) in [5, 5.41) is 0.462. The largest absolute Gasteiger partial charge is 0.496 e. The van der Waals surface area contributed by atoms with Crippen LogP contribution in [0.25, 0.3) is 22.0 Å². The number of rotatable bonds is 5. The third kappa shape index (κ3) is 4.15. The summed E-state index contributed by atoms with van der Waals surface area (Å²) >= 11 is 0.940. The Morgan fingerprint density at radius 1 is 1.06 bits per heavy atom. The van der Waals surface area contributed by atoms with Gasteiger partial charge in [0.15, 0.2) is 9.84 Å². The zero-order valence-corrected chi connectivity index (χ0v) is 17.9. The van der Waals surface area contributed by atoms with Gasteiger partial charge in [-0.05, 0) is 41.9 Å². The zero-order valence-electron chi connectivity index (χ0n) is 16.2. The lowest BCUT2D eigenvalue weighted by Gasteiger charge is -2.14. The fourth-order valence-corrected chi connectivity index (χ4v) is 5.29. The Morgan fingerprint density at radius 3 is 2.50 bits per heavy atom. The normalized spacial score (nSPS) is 12.3. The Kier molecular flexibility index (Phi) is 5.59. The standard InChI is InChI=1S/C20H13F4N3O3S2/c1-30-17-6-11(20(22,23)24)2-4-14(17)19-13-5-3-12(7-15(13)16(21)8-25-19)32(28,29)9-18-26-10-27-31-18/h2-8,10H,9H2,1H3. The van der Waals surface area contributed by atoms with Crippen LogP contribution in [0.1, 0.15) is 10.6 Å². The summed E-state index contributed by atoms with van der Waals surface area (Å²) in [5.41, 5.74) is -0.551. The highest BCUT2D eigenvalue weighted by Crippen LogP contribution is 2.39. The SMILES string of the molecule is COc1cc(C(F)(F)F)ccc1-c1ncc(F)c2cc(S(=O)(=O)Cc3ncns3)ccc12. The molecule has 0 aliphatic heterocycles. The number of pyridine rings is 1. The number of benzene rings is 2. The number of aromatic nitrogens is 3. The molecule has 4 rings (SSSR count). The fraction of sp³-hybridized carbons (Fsp3) is 0.150. The van der Waals surface area contributed by atoms with Crippen LogP contribution in [0.3, 0.4) is 0 Å². The van der Waals surface area contributed by atoms with E-state index in [4.69, 9.17) is 4.74 Å². The van der Waals surface area contributed by atoms with E-state index in [-0.39, 0.29) is 37.7 Å². The molecule has 0 aliphatic rings. The second-order valence-electron chi connectivity index (χ2n) is 6.67. The molecule has 0 atom stereocenters. The molecule has 0 saturated carbocycles. The molecule has 0 N–H and O–H groups in total. The molecule has 32 heavy (non-hydrogen) atoms. The molecule has 6 nitrogen and oxygen atoms in total. The van der Waals surface area contributed by atoms with Crippen LogP contribution >= 0.6 is 11.5 Å². The van der Waals surface area contributed by atoms with E-state index < -0.39 is 33.1 Å². The van der Waals surface area contributed by atoms with Crippen LogP contribution in [0, 0.1) is 5.82 Å². The van der Waals surface area contributed by atoms with Gasteiger partial charge in [0.05, 0.1) is 29.5 Å². The summed E-state index contributed by atoms with van der Waals surface area (Å²) in [6, 6.07) is 6.71. The molecule has 2 aromatic carbocycles. The van der Waals surface area contributed by atoms with E-state index in [1.54, 1.807) is 0 Å². The maximum absolute atomic E-state index is 14.6. The van der Waals surface area contributed by atoms with Gasteiger partial charge in [-0.3, -0.25) is 4.98 Å². The van der Waals surface area contributed by atoms with E-state index in [0.29, 0.717) is 0 Å². The lowest BCUT2D eigenvalue weighted by atomic mass is 10.0. The molecule has 0 spiro atoms. The van der Waals surface area contributed by atoms with Gasteiger partial charge in [0, 0.05) is 16.3 Å². The minimum atomic E-state index is -4.57. The molecule has 0 amide bonds. The molecule has 2 aromatic heterocycles. The number of methoxy groups -OCH3 is 1. The minimum Gasteiger partial charge on any atom is -0.496 e. The highest BCUT2D eigenvalue weighted by atomic mass is 32.2. The number of hydrogen-bond acceptors (Lipinski definition) is 7. The Bertz CT molecular complexity index is 1410. The lowest BCUT2D eigenvalue weighted by molar-refractivity contribution is -0.137. The van der Waals surface area contributed by atoms with Crippen molar-refractivity contribution in [1.29, 1.82) is 0 Å². The topological polar surface area (TPSA) is 82.0 Å². The molecule has 0 radical (unpaired) electrons. The van der Waals surface area contributed by atoms with E-state index in [1.807, 2.05) is 0 Å². The molecule has 2 heterocycles. The fourth-order valence-electron chi connectivity index (χ4n) is 3.16. The maximum atomic E-state index is 14.6. The third-order valence-corrected chi connectivity index (χ3v) is 7.14. The van der Waals surface area contributed by atoms with Crippen LogP contribution in [-0.4, -0.2) is 29.9 Å². The molecule has 12 heteroatoms. The zero-order chi connectivity index (χ0) is 23.1. The Hall–Kier alpha value is -3.12. The van der Waals surface area contributed by atoms with Crippen LogP contribution in [0.5, 0.6) is 5.75 Å². The first-order valence-corrected chi connectivity index (χ1v) is 11.3. The quantitative estimate of drug-likeness (QED) is 0.376. The van der Waals surface area contributed by atoms with Gasteiger partial charge in [0.2, 0.25) is 0 Å². The minimum absolute atomic E-state index is 0.0460. The molecule has 0 aliphatic carbocycles. The van der Waals surface area contributed by atoms with Crippen LogP contribution < -0.4 is 4.74 Å². The Balaban J connectivity index is 1.84. The smallest absolute Gasteiger partial charge is 0.416 e. The van der Waals surface area contributed by atoms with Crippen molar-refractivity contribution in [3.8, 4) is 17.0 Å². The van der Waals surface area contributed by atoms with Crippen molar-refractivity contribution in [1.82, 2.24) is 14.3 Å². The van der Waals surface area contributed by atoms with Gasteiger partial charge in [-0.15, -0.1) is 0 Å². The van der Waals surface area contributed by atoms with E-state index in [1.165, 1.54) is 37.7 Å². The summed E-state index contributed by atoms with van der Waals surface area (Å²) in [4.78, 5) is 7.75. The number of fused-ring (bicyclic) bond motifs is 1. The first-order valence-electron chi connectivity index (χ1n) is 8.92. The number of nitrogens with zero attached hydrogens (tertiary/aromatic N) is 3. The average molecular weight is 483 g/mol. The van der Waals surface area contributed by atoms with Crippen LogP contribution in [0.15, 0.2) is 53.8 Å². The molecule has 0 unspecified atom stereocenters. The molecule has 0 bridgehead atoms. The molecule has 166 valence electrons. The molecule has 4 aromatic rings. The van der Waals surface area contributed by atoms with Crippen molar-refractivity contribution < 1.29 is 30.7 Å². The Labute approximate surface area is 183 Å². The van der Waals surface area contributed by atoms with Gasteiger partial charge >= 0.3 is 6.18 Å². The van der Waals surface area contributed by atoms with Crippen molar-refractivity contribution in [2.45, 2.75) is 16.8 Å². The molecular formula is C20H13F4N3O3S2. The first-order chi connectivity index (χ1) is 15.1. The number of sulfone groups is 1. The van der Waals surface area contributed by atoms with Crippen molar-refractivity contribution >= 4 is 32.1 Å². The molecular weight excluding hydrogens is 470 g/mol. The van der Waals surface area contributed by atoms with Crippen LogP contribution in [0.2, 0.25) is 0 Å². The van der Waals surface area contributed by atoms with Gasteiger partial charge in [-0.25, -0.2) is 17.8 Å². The number of ether oxygens (including phenoxy) is 1. The molecule has 0 fully saturated rings. The third-order valence-electron chi connectivity index (χ3n) is 4.67. The predicted molar refractivity (Wildman–Crippen MR) is 109 cm³/mol. The van der Waals surface area contributed by atoms with Gasteiger partial charge < -0.3 is 4.74 Å². The summed E-state index contributed by atoms with van der Waals surface area (Å²) in [6.07, 6.45) is -2.44. The predicted octanol–water partition coefficient (Wildman–Crippen LogP) is 4.89. The average Bonchev–Trinajstić information content (AvgIpc) is 3.25. The second-order valence-corrected chi connectivity index (χ2v) is 9.52. The summed E-state index contributed by atoms with van der Waals surface area (Å²) in [7, 11) is -2.62. The second kappa shape index (κ2) is 8.10. The van der Waals surface area contributed by atoms with Crippen molar-refractivity contribution in [2.75, 3.05) is 7.11 Å². The summed E-state index contributed by atoms with van der Waals surface area (Å²) < 4.78 is 88.0. The highest BCUT2D eigenvalue weighted by Gasteiger charge is 2.31. The van der Waals surface area contributed by atoms with Gasteiger partial charge in [-0.1, -0.05) is 6.07 Å². The first kappa shape index (κ1) is 22.1.